The molecule has 2 nitrogen and oxygen atoms in total. The molecule has 0 amide bonds. The average Bonchev–Trinajstić information content (AvgIpc) is 2.87. The molecule has 4 rings (SSSR count). The summed E-state index contributed by atoms with van der Waals surface area (Å²) in [6.07, 6.45) is 6.63. The van der Waals surface area contributed by atoms with E-state index < -0.39 is 6.10 Å². The van der Waals surface area contributed by atoms with Gasteiger partial charge in [0, 0.05) is 23.7 Å². The Hall–Kier alpha value is -1.61. The molecule has 2 aliphatic rings. The maximum atomic E-state index is 10.6. The standard InChI is InChI=1S/C22H24ClNO/c23-19-8-6-16(7-9-19)12-17-13-20-10-11-21(14-17)24(20)15-22(25)18-4-2-1-3-5-18/h1-9,12,20-22,25H,10-11,13-15H2/t20-,21+,22-/m1/s1. The monoisotopic (exact) mass is 353 g/mol. The van der Waals surface area contributed by atoms with Crippen LogP contribution in [0.5, 0.6) is 0 Å². The summed E-state index contributed by atoms with van der Waals surface area (Å²) < 4.78 is 0. The molecule has 2 aromatic carbocycles. The molecule has 2 aromatic rings. The third kappa shape index (κ3) is 3.82. The number of rotatable bonds is 4. The van der Waals surface area contributed by atoms with Crippen LogP contribution in [-0.4, -0.2) is 28.6 Å². The minimum Gasteiger partial charge on any atom is -0.387 e. The maximum Gasteiger partial charge on any atom is 0.0917 e. The maximum absolute atomic E-state index is 10.6. The van der Waals surface area contributed by atoms with Crippen molar-refractivity contribution in [3.8, 4) is 0 Å². The van der Waals surface area contributed by atoms with Crippen molar-refractivity contribution in [2.45, 2.75) is 43.9 Å². The molecule has 2 saturated heterocycles. The van der Waals surface area contributed by atoms with Gasteiger partial charge in [0.05, 0.1) is 6.10 Å². The van der Waals surface area contributed by atoms with Gasteiger partial charge in [0.1, 0.15) is 0 Å². The van der Waals surface area contributed by atoms with E-state index in [4.69, 9.17) is 11.6 Å². The Bertz CT molecular complexity index is 724. The highest BCUT2D eigenvalue weighted by Crippen LogP contribution is 2.40. The van der Waals surface area contributed by atoms with Crippen LogP contribution in [0.3, 0.4) is 0 Å². The fraction of sp³-hybridized carbons (Fsp3) is 0.364. The van der Waals surface area contributed by atoms with Crippen molar-refractivity contribution < 1.29 is 5.11 Å². The molecule has 3 heteroatoms. The second-order valence-corrected chi connectivity index (χ2v) is 7.71. The van der Waals surface area contributed by atoms with Crippen molar-refractivity contribution in [1.82, 2.24) is 4.90 Å². The second kappa shape index (κ2) is 7.33. The first-order chi connectivity index (χ1) is 12.2. The number of aliphatic hydroxyl groups is 1. The molecular weight excluding hydrogens is 330 g/mol. The SMILES string of the molecule is O[C@H](CN1[C@@H]2CC[C@H]1CC(=Cc1ccc(Cl)cc1)C2)c1ccccc1. The van der Waals surface area contributed by atoms with Gasteiger partial charge < -0.3 is 5.11 Å². The van der Waals surface area contributed by atoms with Crippen LogP contribution in [0.4, 0.5) is 0 Å². The molecule has 0 aromatic heterocycles. The highest BCUT2D eigenvalue weighted by Gasteiger charge is 2.39. The van der Waals surface area contributed by atoms with Crippen LogP contribution in [0.2, 0.25) is 5.02 Å². The first-order valence-electron chi connectivity index (χ1n) is 9.13. The second-order valence-electron chi connectivity index (χ2n) is 7.27. The van der Waals surface area contributed by atoms with Gasteiger partial charge in [0.2, 0.25) is 0 Å². The summed E-state index contributed by atoms with van der Waals surface area (Å²) in [5.74, 6) is 0. The summed E-state index contributed by atoms with van der Waals surface area (Å²) >= 11 is 5.98. The molecule has 3 atom stereocenters. The molecule has 1 N–H and O–H groups in total. The number of halogens is 1. The quantitative estimate of drug-likeness (QED) is 0.828. The van der Waals surface area contributed by atoms with Gasteiger partial charge in [-0.2, -0.15) is 0 Å². The number of nitrogens with zero attached hydrogens (tertiary/aromatic N) is 1. The molecule has 0 radical (unpaired) electrons. The zero-order chi connectivity index (χ0) is 17.2. The highest BCUT2D eigenvalue weighted by molar-refractivity contribution is 6.30. The van der Waals surface area contributed by atoms with Crippen LogP contribution in [0.25, 0.3) is 6.08 Å². The molecule has 2 bridgehead atoms. The highest BCUT2D eigenvalue weighted by atomic mass is 35.5. The van der Waals surface area contributed by atoms with Gasteiger partial charge in [0.25, 0.3) is 0 Å². The summed E-state index contributed by atoms with van der Waals surface area (Å²) in [6.45, 7) is 0.744. The van der Waals surface area contributed by atoms with Crippen LogP contribution >= 0.6 is 11.6 Å². The van der Waals surface area contributed by atoms with Crippen LogP contribution in [-0.2, 0) is 0 Å². The minimum atomic E-state index is -0.397. The fourth-order valence-electron chi connectivity index (χ4n) is 4.33. The zero-order valence-electron chi connectivity index (χ0n) is 14.3. The first kappa shape index (κ1) is 16.8. The molecule has 2 fully saturated rings. The molecule has 0 aliphatic carbocycles. The Balaban J connectivity index is 1.44. The summed E-state index contributed by atoms with van der Waals surface area (Å²) in [7, 11) is 0. The van der Waals surface area contributed by atoms with Crippen LogP contribution in [0.1, 0.15) is 42.9 Å². The smallest absolute Gasteiger partial charge is 0.0917 e. The van der Waals surface area contributed by atoms with E-state index in [2.05, 4.69) is 23.1 Å². The van der Waals surface area contributed by atoms with E-state index in [9.17, 15) is 5.11 Å². The van der Waals surface area contributed by atoms with Gasteiger partial charge in [-0.25, -0.2) is 0 Å². The number of piperidine rings is 1. The molecule has 130 valence electrons. The van der Waals surface area contributed by atoms with E-state index in [1.54, 1.807) is 0 Å². The van der Waals surface area contributed by atoms with E-state index >= 15 is 0 Å². The van der Waals surface area contributed by atoms with Crippen molar-refractivity contribution in [1.29, 1.82) is 0 Å². The summed E-state index contributed by atoms with van der Waals surface area (Å²) in [5, 5.41) is 11.4. The van der Waals surface area contributed by atoms with Crippen LogP contribution in [0, 0.1) is 0 Å². The van der Waals surface area contributed by atoms with E-state index in [1.165, 1.54) is 24.0 Å². The van der Waals surface area contributed by atoms with Crippen LogP contribution < -0.4 is 0 Å². The van der Waals surface area contributed by atoms with Gasteiger partial charge in [-0.1, -0.05) is 65.7 Å². The minimum absolute atomic E-state index is 0.397. The van der Waals surface area contributed by atoms with Crippen molar-refractivity contribution in [2.75, 3.05) is 6.54 Å². The van der Waals surface area contributed by atoms with Gasteiger partial charge >= 0.3 is 0 Å². The van der Waals surface area contributed by atoms with Gasteiger partial charge in [0.15, 0.2) is 0 Å². The van der Waals surface area contributed by atoms with Crippen molar-refractivity contribution in [3.05, 3.63) is 76.3 Å². The summed E-state index contributed by atoms with van der Waals surface area (Å²) in [4.78, 5) is 2.54. The molecule has 2 heterocycles. The molecule has 0 unspecified atom stereocenters. The first-order valence-corrected chi connectivity index (χ1v) is 9.50. The molecule has 2 aliphatic heterocycles. The fourth-order valence-corrected chi connectivity index (χ4v) is 4.46. The Morgan fingerprint density at radius 2 is 1.64 bits per heavy atom. The lowest BCUT2D eigenvalue weighted by Crippen LogP contribution is -2.42. The van der Waals surface area contributed by atoms with Gasteiger partial charge in [-0.15, -0.1) is 0 Å². The number of hydrogen-bond donors (Lipinski definition) is 1. The Labute approximate surface area is 154 Å². The number of hydrogen-bond acceptors (Lipinski definition) is 2. The van der Waals surface area contributed by atoms with E-state index in [0.29, 0.717) is 12.1 Å². The number of benzene rings is 2. The molecule has 0 spiro atoms. The predicted molar refractivity (Wildman–Crippen MR) is 104 cm³/mol. The molecule has 0 saturated carbocycles. The van der Waals surface area contributed by atoms with Crippen molar-refractivity contribution in [3.63, 3.8) is 0 Å². The largest absolute Gasteiger partial charge is 0.387 e. The van der Waals surface area contributed by atoms with Crippen molar-refractivity contribution >= 4 is 17.7 Å². The normalized spacial score (nSPS) is 26.1. The Kier molecular flexibility index (Phi) is 4.93. The zero-order valence-corrected chi connectivity index (χ0v) is 15.1. The van der Waals surface area contributed by atoms with E-state index in [0.717, 1.165) is 30.0 Å². The number of aliphatic hydroxyl groups excluding tert-OH is 1. The summed E-state index contributed by atoms with van der Waals surface area (Å²) in [6, 6.07) is 19.2. The molecular formula is C22H24ClNO. The third-order valence-electron chi connectivity index (χ3n) is 5.58. The predicted octanol–water partition coefficient (Wildman–Crippen LogP) is 5.08. The Morgan fingerprint density at radius 3 is 2.28 bits per heavy atom. The van der Waals surface area contributed by atoms with Gasteiger partial charge in [-0.05, 0) is 48.9 Å². The van der Waals surface area contributed by atoms with E-state index in [1.807, 2.05) is 42.5 Å². The lowest BCUT2D eigenvalue weighted by Gasteiger charge is -2.37. The topological polar surface area (TPSA) is 23.5 Å². The summed E-state index contributed by atoms with van der Waals surface area (Å²) in [5.41, 5.74) is 3.78. The van der Waals surface area contributed by atoms with Crippen LogP contribution in [0.15, 0.2) is 60.2 Å². The Morgan fingerprint density at radius 1 is 1.00 bits per heavy atom. The van der Waals surface area contributed by atoms with E-state index in [-0.39, 0.29) is 0 Å². The lowest BCUT2D eigenvalue weighted by atomic mass is 9.94. The average molecular weight is 354 g/mol. The number of fused-ring (bicyclic) bond motifs is 2. The van der Waals surface area contributed by atoms with Crippen molar-refractivity contribution in [2.24, 2.45) is 0 Å². The third-order valence-corrected chi connectivity index (χ3v) is 5.83. The molecule has 25 heavy (non-hydrogen) atoms. The van der Waals surface area contributed by atoms with Gasteiger partial charge in [-0.3, -0.25) is 4.90 Å². The lowest BCUT2D eigenvalue weighted by molar-refractivity contribution is 0.0733.